The quantitative estimate of drug-likeness (QED) is 0.932. The van der Waals surface area contributed by atoms with E-state index in [2.05, 4.69) is 0 Å². The highest BCUT2D eigenvalue weighted by molar-refractivity contribution is 5.45. The molecule has 104 valence electrons. The second kappa shape index (κ2) is 5.38. The van der Waals surface area contributed by atoms with Gasteiger partial charge in [-0.1, -0.05) is 6.07 Å². The van der Waals surface area contributed by atoms with Crippen LogP contribution in [0.25, 0.3) is 0 Å². The van der Waals surface area contributed by atoms with E-state index in [-0.39, 0.29) is 19.2 Å². The Morgan fingerprint density at radius 2 is 1.85 bits per heavy atom. The molecule has 0 spiro atoms. The lowest BCUT2D eigenvalue weighted by atomic mass is 10.1. The zero-order valence-corrected chi connectivity index (χ0v) is 10.6. The van der Waals surface area contributed by atoms with Crippen molar-refractivity contribution in [1.29, 1.82) is 0 Å². The van der Waals surface area contributed by atoms with Gasteiger partial charge in [0.2, 0.25) is 6.79 Å². The zero-order valence-electron chi connectivity index (χ0n) is 10.6. The molecule has 0 aromatic heterocycles. The van der Waals surface area contributed by atoms with Crippen LogP contribution in [-0.2, 0) is 0 Å². The predicted octanol–water partition coefficient (Wildman–Crippen LogP) is 2.67. The minimum absolute atomic E-state index is 0.0747. The van der Waals surface area contributed by atoms with E-state index in [1.54, 1.807) is 18.2 Å². The molecule has 0 saturated heterocycles. The fraction of sp³-hybridized carbons (Fsp3) is 0.200. The highest BCUT2D eigenvalue weighted by atomic mass is 19.1. The molecular formula is C15H13FO4. The Hall–Kier alpha value is -2.27. The van der Waals surface area contributed by atoms with Crippen LogP contribution in [0, 0.1) is 5.82 Å². The lowest BCUT2D eigenvalue weighted by molar-refractivity contribution is 0.108. The van der Waals surface area contributed by atoms with Crippen LogP contribution < -0.4 is 14.2 Å². The van der Waals surface area contributed by atoms with Crippen LogP contribution in [0.3, 0.4) is 0 Å². The predicted molar refractivity (Wildman–Crippen MR) is 69.4 cm³/mol. The van der Waals surface area contributed by atoms with Crippen molar-refractivity contribution in [2.24, 2.45) is 0 Å². The number of hydrogen-bond acceptors (Lipinski definition) is 4. The Morgan fingerprint density at radius 1 is 1.10 bits per heavy atom. The first-order valence-electron chi connectivity index (χ1n) is 6.18. The largest absolute Gasteiger partial charge is 0.491 e. The van der Waals surface area contributed by atoms with Gasteiger partial charge in [-0.15, -0.1) is 0 Å². The molecule has 1 atom stereocenters. The van der Waals surface area contributed by atoms with Crippen molar-refractivity contribution in [3.8, 4) is 17.2 Å². The number of benzene rings is 2. The first kappa shape index (κ1) is 12.7. The molecular weight excluding hydrogens is 263 g/mol. The smallest absolute Gasteiger partial charge is 0.231 e. The van der Waals surface area contributed by atoms with Gasteiger partial charge in [0.15, 0.2) is 11.5 Å². The fourth-order valence-corrected chi connectivity index (χ4v) is 1.92. The Kier molecular flexibility index (Phi) is 3.43. The normalized spacial score (nSPS) is 14.1. The first-order valence-corrected chi connectivity index (χ1v) is 6.18. The molecule has 5 heteroatoms. The summed E-state index contributed by atoms with van der Waals surface area (Å²) in [6.07, 6.45) is -0.797. The average molecular weight is 276 g/mol. The number of ether oxygens (including phenoxy) is 3. The van der Waals surface area contributed by atoms with E-state index in [0.29, 0.717) is 22.8 Å². The van der Waals surface area contributed by atoms with Gasteiger partial charge in [-0.25, -0.2) is 4.39 Å². The lowest BCUT2D eigenvalue weighted by Gasteiger charge is -2.13. The second-order valence-electron chi connectivity index (χ2n) is 4.39. The molecule has 0 radical (unpaired) electrons. The van der Waals surface area contributed by atoms with Crippen molar-refractivity contribution in [3.05, 3.63) is 53.8 Å². The van der Waals surface area contributed by atoms with Gasteiger partial charge in [-0.3, -0.25) is 0 Å². The van der Waals surface area contributed by atoms with Gasteiger partial charge in [-0.2, -0.15) is 0 Å². The van der Waals surface area contributed by atoms with Gasteiger partial charge in [0.1, 0.15) is 24.3 Å². The number of aliphatic hydroxyl groups excluding tert-OH is 1. The molecule has 1 unspecified atom stereocenters. The molecule has 0 aliphatic carbocycles. The summed E-state index contributed by atoms with van der Waals surface area (Å²) in [7, 11) is 0. The van der Waals surface area contributed by atoms with Gasteiger partial charge >= 0.3 is 0 Å². The molecule has 2 aromatic rings. The van der Waals surface area contributed by atoms with E-state index in [1.807, 2.05) is 0 Å². The molecule has 1 aliphatic rings. The minimum atomic E-state index is -0.797. The zero-order chi connectivity index (χ0) is 13.9. The maximum atomic E-state index is 12.7. The van der Waals surface area contributed by atoms with Gasteiger partial charge in [0.25, 0.3) is 0 Å². The summed E-state index contributed by atoms with van der Waals surface area (Å²) < 4.78 is 28.6. The number of rotatable bonds is 4. The molecule has 0 saturated carbocycles. The van der Waals surface area contributed by atoms with E-state index in [4.69, 9.17) is 14.2 Å². The van der Waals surface area contributed by atoms with Crippen LogP contribution in [0.1, 0.15) is 11.7 Å². The highest BCUT2D eigenvalue weighted by Crippen LogP contribution is 2.34. The number of fused-ring (bicyclic) bond motifs is 1. The van der Waals surface area contributed by atoms with Crippen LogP contribution in [0.15, 0.2) is 42.5 Å². The Balaban J connectivity index is 1.64. The molecule has 3 rings (SSSR count). The SMILES string of the molecule is OC(COc1ccc(F)cc1)c1ccc2c(c1)OCO2. The summed E-state index contributed by atoms with van der Waals surface area (Å²) >= 11 is 0. The van der Waals surface area contributed by atoms with E-state index in [1.165, 1.54) is 24.3 Å². The van der Waals surface area contributed by atoms with Gasteiger partial charge in [-0.05, 0) is 42.0 Å². The van der Waals surface area contributed by atoms with E-state index >= 15 is 0 Å². The first-order chi connectivity index (χ1) is 9.72. The van der Waals surface area contributed by atoms with Crippen molar-refractivity contribution in [2.45, 2.75) is 6.10 Å². The maximum absolute atomic E-state index is 12.7. The Bertz CT molecular complexity index is 597. The van der Waals surface area contributed by atoms with E-state index < -0.39 is 6.10 Å². The molecule has 1 N–H and O–H groups in total. The average Bonchev–Trinajstić information content (AvgIpc) is 2.93. The summed E-state index contributed by atoms with van der Waals surface area (Å²) in [5, 5.41) is 10.1. The maximum Gasteiger partial charge on any atom is 0.231 e. The lowest BCUT2D eigenvalue weighted by Crippen LogP contribution is -2.09. The third-order valence-electron chi connectivity index (χ3n) is 3.00. The summed E-state index contributed by atoms with van der Waals surface area (Å²) in [6, 6.07) is 10.9. The Labute approximate surface area is 115 Å². The molecule has 0 amide bonds. The molecule has 4 nitrogen and oxygen atoms in total. The molecule has 1 heterocycles. The van der Waals surface area contributed by atoms with Crippen molar-refractivity contribution >= 4 is 0 Å². The van der Waals surface area contributed by atoms with Crippen LogP contribution >= 0.6 is 0 Å². The van der Waals surface area contributed by atoms with Crippen LogP contribution in [0.4, 0.5) is 4.39 Å². The summed E-state index contributed by atoms with van der Waals surface area (Å²) in [5.41, 5.74) is 0.677. The third kappa shape index (κ3) is 2.67. The number of hydrogen-bond donors (Lipinski definition) is 1. The summed E-state index contributed by atoms with van der Waals surface area (Å²) in [5.74, 6) is 1.46. The molecule has 20 heavy (non-hydrogen) atoms. The van der Waals surface area contributed by atoms with Crippen LogP contribution in [-0.4, -0.2) is 18.5 Å². The van der Waals surface area contributed by atoms with Gasteiger partial charge in [0.05, 0.1) is 0 Å². The van der Waals surface area contributed by atoms with Crippen molar-refractivity contribution in [1.82, 2.24) is 0 Å². The Morgan fingerprint density at radius 3 is 2.65 bits per heavy atom. The van der Waals surface area contributed by atoms with E-state index in [9.17, 15) is 9.50 Å². The van der Waals surface area contributed by atoms with Crippen molar-refractivity contribution < 1.29 is 23.7 Å². The molecule has 0 bridgehead atoms. The van der Waals surface area contributed by atoms with Gasteiger partial charge < -0.3 is 19.3 Å². The third-order valence-corrected chi connectivity index (χ3v) is 3.00. The van der Waals surface area contributed by atoms with Crippen LogP contribution in [0.2, 0.25) is 0 Å². The molecule has 0 fully saturated rings. The molecule has 1 aliphatic heterocycles. The molecule has 2 aromatic carbocycles. The van der Waals surface area contributed by atoms with E-state index in [0.717, 1.165) is 0 Å². The minimum Gasteiger partial charge on any atom is -0.491 e. The van der Waals surface area contributed by atoms with Crippen LogP contribution in [0.5, 0.6) is 17.2 Å². The second-order valence-corrected chi connectivity index (χ2v) is 4.39. The highest BCUT2D eigenvalue weighted by Gasteiger charge is 2.16. The number of aliphatic hydroxyl groups is 1. The fourth-order valence-electron chi connectivity index (χ4n) is 1.92. The summed E-state index contributed by atoms with van der Waals surface area (Å²) in [6.45, 7) is 0.270. The monoisotopic (exact) mass is 276 g/mol. The summed E-state index contributed by atoms with van der Waals surface area (Å²) in [4.78, 5) is 0. The number of halogens is 1. The van der Waals surface area contributed by atoms with Crippen molar-refractivity contribution in [3.63, 3.8) is 0 Å². The topological polar surface area (TPSA) is 47.9 Å². The van der Waals surface area contributed by atoms with Gasteiger partial charge in [0, 0.05) is 0 Å². The standard InChI is InChI=1S/C15H13FO4/c16-11-2-4-12(5-3-11)18-8-13(17)10-1-6-14-15(7-10)20-9-19-14/h1-7,13,17H,8-9H2. The van der Waals surface area contributed by atoms with Crippen molar-refractivity contribution in [2.75, 3.05) is 13.4 Å².